The molecular weight excluding hydrogens is 450 g/mol. The predicted octanol–water partition coefficient (Wildman–Crippen LogP) is 6.00. The molecular formula is C30H27N3O3. The van der Waals surface area contributed by atoms with Crippen LogP contribution in [-0.4, -0.2) is 24.6 Å². The van der Waals surface area contributed by atoms with E-state index in [0.29, 0.717) is 17.7 Å². The van der Waals surface area contributed by atoms with Gasteiger partial charge in [-0.15, -0.1) is 0 Å². The summed E-state index contributed by atoms with van der Waals surface area (Å²) in [5.74, 6) is 0.554. The smallest absolute Gasteiger partial charge is 0.294 e. The zero-order valence-electron chi connectivity index (χ0n) is 20.3. The number of furan rings is 1. The van der Waals surface area contributed by atoms with Crippen molar-refractivity contribution in [1.82, 2.24) is 5.43 Å². The number of amides is 2. The third-order valence-electron chi connectivity index (χ3n) is 6.51. The summed E-state index contributed by atoms with van der Waals surface area (Å²) in [7, 11) is 1.73. The second kappa shape index (κ2) is 10.0. The minimum Gasteiger partial charge on any atom is -0.455 e. The molecule has 3 aromatic carbocycles. The minimum atomic E-state index is -0.282. The van der Waals surface area contributed by atoms with Gasteiger partial charge in [-0.1, -0.05) is 60.7 Å². The number of hydrazone groups is 1. The van der Waals surface area contributed by atoms with Crippen LogP contribution in [0.15, 0.2) is 94.4 Å². The average Bonchev–Trinajstić information content (AvgIpc) is 3.28. The van der Waals surface area contributed by atoms with Crippen molar-refractivity contribution in [2.45, 2.75) is 26.2 Å². The maximum Gasteiger partial charge on any atom is 0.294 e. The standard InChI is InChI=1S/C30H27N3O3/c1-20-27-25(31-32-29(34)23-18-16-22(17-19-23)21-10-5-3-6-11-21)14-9-15-26(27)36-28(20)30(35)33(2)24-12-7-4-8-13-24/h3-8,10-13,16-19H,9,14-15H2,1-2H3,(H,32,34)/b31-25+. The van der Waals surface area contributed by atoms with Crippen LogP contribution in [0, 0.1) is 6.92 Å². The number of nitrogens with one attached hydrogen (secondary N) is 1. The molecule has 1 N–H and O–H groups in total. The first-order valence-electron chi connectivity index (χ1n) is 12.0. The Morgan fingerprint density at radius 3 is 2.19 bits per heavy atom. The fraction of sp³-hybridized carbons (Fsp3) is 0.167. The van der Waals surface area contributed by atoms with E-state index >= 15 is 0 Å². The molecule has 180 valence electrons. The molecule has 6 nitrogen and oxygen atoms in total. The molecule has 36 heavy (non-hydrogen) atoms. The second-order valence-corrected chi connectivity index (χ2v) is 8.85. The van der Waals surface area contributed by atoms with Crippen molar-refractivity contribution in [3.05, 3.63) is 113 Å². The van der Waals surface area contributed by atoms with Gasteiger partial charge in [-0.05, 0) is 55.2 Å². The van der Waals surface area contributed by atoms with Gasteiger partial charge in [-0.3, -0.25) is 9.59 Å². The average molecular weight is 478 g/mol. The van der Waals surface area contributed by atoms with Crippen molar-refractivity contribution in [1.29, 1.82) is 0 Å². The summed E-state index contributed by atoms with van der Waals surface area (Å²) >= 11 is 0. The number of hydrogen-bond acceptors (Lipinski definition) is 4. The highest BCUT2D eigenvalue weighted by molar-refractivity contribution is 6.10. The molecule has 1 heterocycles. The molecule has 1 aliphatic carbocycles. The van der Waals surface area contributed by atoms with E-state index in [9.17, 15) is 9.59 Å². The summed E-state index contributed by atoms with van der Waals surface area (Å²) in [6.45, 7) is 1.87. The summed E-state index contributed by atoms with van der Waals surface area (Å²) in [6.07, 6.45) is 2.26. The fourth-order valence-corrected chi connectivity index (χ4v) is 4.53. The van der Waals surface area contributed by atoms with E-state index in [0.717, 1.165) is 52.3 Å². The van der Waals surface area contributed by atoms with Gasteiger partial charge in [0.15, 0.2) is 5.76 Å². The molecule has 0 saturated carbocycles. The Balaban J connectivity index is 1.35. The van der Waals surface area contributed by atoms with Gasteiger partial charge in [0, 0.05) is 35.8 Å². The molecule has 0 atom stereocenters. The van der Waals surface area contributed by atoms with Gasteiger partial charge in [0.25, 0.3) is 11.8 Å². The van der Waals surface area contributed by atoms with E-state index in [2.05, 4.69) is 10.5 Å². The van der Waals surface area contributed by atoms with Gasteiger partial charge >= 0.3 is 0 Å². The monoisotopic (exact) mass is 477 g/mol. The van der Waals surface area contributed by atoms with E-state index in [-0.39, 0.29) is 11.8 Å². The highest BCUT2D eigenvalue weighted by Crippen LogP contribution is 2.31. The highest BCUT2D eigenvalue weighted by atomic mass is 16.4. The van der Waals surface area contributed by atoms with Gasteiger partial charge in [-0.2, -0.15) is 5.10 Å². The Bertz CT molecular complexity index is 1420. The van der Waals surface area contributed by atoms with Gasteiger partial charge < -0.3 is 9.32 Å². The summed E-state index contributed by atoms with van der Waals surface area (Å²) in [6, 6.07) is 26.9. The number of carbonyl (C=O) groups is 2. The second-order valence-electron chi connectivity index (χ2n) is 8.85. The van der Waals surface area contributed by atoms with E-state index < -0.39 is 0 Å². The number of benzene rings is 3. The molecule has 0 unspecified atom stereocenters. The number of aryl methyl sites for hydroxylation is 1. The van der Waals surface area contributed by atoms with Crippen LogP contribution in [0.2, 0.25) is 0 Å². The fourth-order valence-electron chi connectivity index (χ4n) is 4.53. The van der Waals surface area contributed by atoms with E-state index in [1.807, 2.05) is 79.7 Å². The zero-order valence-corrected chi connectivity index (χ0v) is 20.3. The number of anilines is 1. The molecule has 5 rings (SSSR count). The first kappa shape index (κ1) is 23.3. The van der Waals surface area contributed by atoms with Crippen molar-refractivity contribution >= 4 is 23.2 Å². The number of para-hydroxylation sites is 1. The molecule has 0 saturated heterocycles. The van der Waals surface area contributed by atoms with Gasteiger partial charge in [0.2, 0.25) is 0 Å². The van der Waals surface area contributed by atoms with Gasteiger partial charge in [0.1, 0.15) is 5.76 Å². The third kappa shape index (κ3) is 4.58. The normalized spacial score (nSPS) is 13.8. The molecule has 0 aliphatic heterocycles. The highest BCUT2D eigenvalue weighted by Gasteiger charge is 2.29. The lowest BCUT2D eigenvalue weighted by atomic mass is 9.93. The SMILES string of the molecule is Cc1c(C(=O)N(C)c2ccccc2)oc2c1/C(=N/NC(=O)c1ccc(-c3ccccc3)cc1)CCC2. The van der Waals surface area contributed by atoms with Crippen molar-refractivity contribution in [2.24, 2.45) is 5.10 Å². The largest absolute Gasteiger partial charge is 0.455 e. The third-order valence-corrected chi connectivity index (χ3v) is 6.51. The maximum atomic E-state index is 13.2. The van der Waals surface area contributed by atoms with Crippen LogP contribution in [0.3, 0.4) is 0 Å². The Morgan fingerprint density at radius 2 is 1.50 bits per heavy atom. The van der Waals surface area contributed by atoms with Crippen molar-refractivity contribution in [2.75, 3.05) is 11.9 Å². The van der Waals surface area contributed by atoms with Crippen molar-refractivity contribution in [3.63, 3.8) is 0 Å². The van der Waals surface area contributed by atoms with E-state index in [4.69, 9.17) is 4.42 Å². The van der Waals surface area contributed by atoms with Gasteiger partial charge in [-0.25, -0.2) is 5.43 Å². The van der Waals surface area contributed by atoms with Crippen LogP contribution < -0.4 is 10.3 Å². The lowest BCUT2D eigenvalue weighted by Gasteiger charge is -2.16. The van der Waals surface area contributed by atoms with Crippen LogP contribution in [-0.2, 0) is 6.42 Å². The summed E-state index contributed by atoms with van der Waals surface area (Å²) < 4.78 is 6.03. The number of fused-ring (bicyclic) bond motifs is 1. The molecule has 0 fully saturated rings. The minimum absolute atomic E-state index is 0.213. The molecule has 0 radical (unpaired) electrons. The molecule has 6 heteroatoms. The van der Waals surface area contributed by atoms with E-state index in [1.165, 1.54) is 0 Å². The van der Waals surface area contributed by atoms with E-state index in [1.54, 1.807) is 24.1 Å². The first-order valence-corrected chi connectivity index (χ1v) is 12.0. The summed E-state index contributed by atoms with van der Waals surface area (Å²) in [5, 5.41) is 4.45. The molecule has 1 aliphatic rings. The number of hydrogen-bond donors (Lipinski definition) is 1. The number of rotatable bonds is 5. The molecule has 2 amide bonds. The zero-order chi connectivity index (χ0) is 25.1. The summed E-state index contributed by atoms with van der Waals surface area (Å²) in [4.78, 5) is 27.6. The Hall–Kier alpha value is -4.45. The lowest BCUT2D eigenvalue weighted by molar-refractivity contribution is 0.0951. The quantitative estimate of drug-likeness (QED) is 0.358. The van der Waals surface area contributed by atoms with Crippen molar-refractivity contribution < 1.29 is 14.0 Å². The Labute approximate surface area is 210 Å². The molecule has 1 aromatic heterocycles. The van der Waals surface area contributed by atoms with Crippen LogP contribution in [0.4, 0.5) is 5.69 Å². The molecule has 0 spiro atoms. The Kier molecular flexibility index (Phi) is 6.50. The molecule has 0 bridgehead atoms. The predicted molar refractivity (Wildman–Crippen MR) is 141 cm³/mol. The van der Waals surface area contributed by atoms with Crippen LogP contribution in [0.5, 0.6) is 0 Å². The topological polar surface area (TPSA) is 74.9 Å². The van der Waals surface area contributed by atoms with Crippen molar-refractivity contribution in [3.8, 4) is 11.1 Å². The van der Waals surface area contributed by atoms with Gasteiger partial charge in [0.05, 0.1) is 5.71 Å². The summed E-state index contributed by atoms with van der Waals surface area (Å²) in [5.41, 5.74) is 8.45. The van der Waals surface area contributed by atoms with Crippen LogP contribution >= 0.6 is 0 Å². The number of carbonyl (C=O) groups excluding carboxylic acids is 2. The lowest BCUT2D eigenvalue weighted by Crippen LogP contribution is -2.26. The maximum absolute atomic E-state index is 13.2. The first-order chi connectivity index (χ1) is 17.5. The Morgan fingerprint density at radius 1 is 0.861 bits per heavy atom. The number of nitrogens with zero attached hydrogens (tertiary/aromatic N) is 2. The van der Waals surface area contributed by atoms with Crippen LogP contribution in [0.25, 0.3) is 11.1 Å². The van der Waals surface area contributed by atoms with Crippen LogP contribution in [0.1, 0.15) is 50.6 Å². The molecule has 4 aromatic rings.